The molecule has 0 saturated carbocycles. The van der Waals surface area contributed by atoms with Gasteiger partial charge in [-0.1, -0.05) is 60.3 Å². The molecule has 3 aromatic rings. The lowest BCUT2D eigenvalue weighted by Gasteiger charge is -2.16. The minimum absolute atomic E-state index is 0.189. The van der Waals surface area contributed by atoms with E-state index in [0.29, 0.717) is 27.4 Å². The van der Waals surface area contributed by atoms with Gasteiger partial charge in [0.15, 0.2) is 0 Å². The molecule has 0 aromatic heterocycles. The number of carbonyl (C=O) groups excluding carboxylic acids is 3. The third-order valence-electron chi connectivity index (χ3n) is 4.51. The van der Waals surface area contributed by atoms with Crippen molar-refractivity contribution in [2.45, 2.75) is 11.8 Å². The Balaban J connectivity index is 1.73. The second kappa shape index (κ2) is 8.39. The molecule has 0 bridgehead atoms. The molecule has 148 valence electrons. The summed E-state index contributed by atoms with van der Waals surface area (Å²) in [6.45, 7) is 1.42. The van der Waals surface area contributed by atoms with Crippen LogP contribution in [-0.2, 0) is 14.4 Å². The molecule has 1 N–H and O–H groups in total. The van der Waals surface area contributed by atoms with Gasteiger partial charge in [-0.25, -0.2) is 4.90 Å². The summed E-state index contributed by atoms with van der Waals surface area (Å²) in [6.07, 6.45) is 0. The highest BCUT2D eigenvalue weighted by molar-refractivity contribution is 8.04. The van der Waals surface area contributed by atoms with E-state index in [1.165, 1.54) is 23.6 Å². The van der Waals surface area contributed by atoms with Crippen molar-refractivity contribution in [2.75, 3.05) is 10.2 Å². The van der Waals surface area contributed by atoms with E-state index in [2.05, 4.69) is 5.32 Å². The first-order chi connectivity index (χ1) is 14.5. The number of anilines is 2. The molecule has 0 spiro atoms. The summed E-state index contributed by atoms with van der Waals surface area (Å²) >= 11 is 1.29. The van der Waals surface area contributed by atoms with Gasteiger partial charge in [-0.2, -0.15) is 0 Å². The molecule has 0 radical (unpaired) electrons. The van der Waals surface area contributed by atoms with Crippen LogP contribution >= 0.6 is 11.8 Å². The number of nitrogens with one attached hydrogen (secondary N) is 1. The minimum Gasteiger partial charge on any atom is -0.326 e. The number of nitrogens with zero attached hydrogens (tertiary/aromatic N) is 1. The Bertz CT molecular complexity index is 1140. The van der Waals surface area contributed by atoms with Gasteiger partial charge in [-0.05, 0) is 42.0 Å². The van der Waals surface area contributed by atoms with Crippen molar-refractivity contribution in [3.05, 3.63) is 95.4 Å². The average molecular weight is 414 g/mol. The number of rotatable bonds is 5. The second-order valence-corrected chi connectivity index (χ2v) is 7.74. The summed E-state index contributed by atoms with van der Waals surface area (Å²) in [4.78, 5) is 40.4. The number of hydrogen-bond donors (Lipinski definition) is 1. The Morgan fingerprint density at radius 2 is 1.40 bits per heavy atom. The fourth-order valence-corrected chi connectivity index (χ4v) is 4.22. The van der Waals surface area contributed by atoms with Crippen LogP contribution in [-0.4, -0.2) is 17.7 Å². The number of amides is 3. The zero-order chi connectivity index (χ0) is 21.1. The molecular weight excluding hydrogens is 396 g/mol. The quantitative estimate of drug-likeness (QED) is 0.614. The number of carbonyl (C=O) groups is 3. The first-order valence-corrected chi connectivity index (χ1v) is 10.2. The van der Waals surface area contributed by atoms with E-state index in [-0.39, 0.29) is 17.7 Å². The third kappa shape index (κ3) is 3.90. The van der Waals surface area contributed by atoms with Crippen LogP contribution < -0.4 is 10.2 Å². The summed E-state index contributed by atoms with van der Waals surface area (Å²) in [5.41, 5.74) is 2.14. The zero-order valence-electron chi connectivity index (χ0n) is 16.2. The molecule has 1 aliphatic rings. The number of hydrogen-bond acceptors (Lipinski definition) is 4. The standard InChI is InChI=1S/C24H18N2O3S/c1-16(27)25-18-12-14-19(15-13-18)26-23(28)21(17-8-4-2-5-9-17)22(24(26)29)30-20-10-6-3-7-11-20/h2-15H,1H3,(H,25,27). The predicted octanol–water partition coefficient (Wildman–Crippen LogP) is 4.72. The van der Waals surface area contributed by atoms with E-state index in [4.69, 9.17) is 0 Å². The lowest BCUT2D eigenvalue weighted by atomic mass is 10.1. The summed E-state index contributed by atoms with van der Waals surface area (Å²) in [6, 6.07) is 25.4. The van der Waals surface area contributed by atoms with Crippen molar-refractivity contribution in [3.8, 4) is 0 Å². The van der Waals surface area contributed by atoms with Crippen molar-refractivity contribution < 1.29 is 14.4 Å². The van der Waals surface area contributed by atoms with Crippen LogP contribution in [0.1, 0.15) is 12.5 Å². The van der Waals surface area contributed by atoms with Crippen molar-refractivity contribution in [2.24, 2.45) is 0 Å². The zero-order valence-corrected chi connectivity index (χ0v) is 17.0. The lowest BCUT2D eigenvalue weighted by molar-refractivity contribution is -0.120. The first-order valence-electron chi connectivity index (χ1n) is 9.33. The molecule has 3 amide bonds. The van der Waals surface area contributed by atoms with E-state index in [9.17, 15) is 14.4 Å². The molecule has 4 rings (SSSR count). The molecule has 0 saturated heterocycles. The van der Waals surface area contributed by atoms with E-state index in [1.807, 2.05) is 60.7 Å². The Morgan fingerprint density at radius 1 is 0.800 bits per heavy atom. The van der Waals surface area contributed by atoms with Crippen LogP contribution in [0.25, 0.3) is 5.57 Å². The highest BCUT2D eigenvalue weighted by Crippen LogP contribution is 2.41. The smallest absolute Gasteiger partial charge is 0.272 e. The minimum atomic E-state index is -0.364. The molecule has 30 heavy (non-hydrogen) atoms. The molecule has 0 aliphatic carbocycles. The maximum atomic E-state index is 13.3. The van der Waals surface area contributed by atoms with Crippen molar-refractivity contribution in [3.63, 3.8) is 0 Å². The van der Waals surface area contributed by atoms with Crippen molar-refractivity contribution in [1.29, 1.82) is 0 Å². The van der Waals surface area contributed by atoms with E-state index in [0.717, 1.165) is 4.90 Å². The van der Waals surface area contributed by atoms with Gasteiger partial charge in [0.1, 0.15) is 0 Å². The fourth-order valence-electron chi connectivity index (χ4n) is 3.20. The van der Waals surface area contributed by atoms with Gasteiger partial charge in [-0.15, -0.1) is 0 Å². The van der Waals surface area contributed by atoms with Crippen LogP contribution in [0.5, 0.6) is 0 Å². The molecule has 6 heteroatoms. The topological polar surface area (TPSA) is 66.5 Å². The summed E-state index contributed by atoms with van der Waals surface area (Å²) in [5.74, 6) is -0.914. The Kier molecular flexibility index (Phi) is 5.50. The Labute approximate surface area is 178 Å². The molecule has 0 fully saturated rings. The van der Waals surface area contributed by atoms with E-state index in [1.54, 1.807) is 24.3 Å². The SMILES string of the molecule is CC(=O)Nc1ccc(N2C(=O)C(Sc3ccccc3)=C(c3ccccc3)C2=O)cc1. The summed E-state index contributed by atoms with van der Waals surface area (Å²) < 4.78 is 0. The maximum Gasteiger partial charge on any atom is 0.272 e. The average Bonchev–Trinajstić information content (AvgIpc) is 2.99. The van der Waals surface area contributed by atoms with Crippen LogP contribution in [0.2, 0.25) is 0 Å². The summed E-state index contributed by atoms with van der Waals surface area (Å²) in [5, 5.41) is 2.68. The van der Waals surface area contributed by atoms with Crippen LogP contribution in [0, 0.1) is 0 Å². The molecule has 1 heterocycles. The predicted molar refractivity (Wildman–Crippen MR) is 119 cm³/mol. The molecule has 3 aromatic carbocycles. The monoisotopic (exact) mass is 414 g/mol. The van der Waals surface area contributed by atoms with Crippen LogP contribution in [0.3, 0.4) is 0 Å². The van der Waals surface area contributed by atoms with Gasteiger partial charge in [0.25, 0.3) is 11.8 Å². The van der Waals surface area contributed by atoms with Crippen LogP contribution in [0.15, 0.2) is 94.7 Å². The summed E-state index contributed by atoms with van der Waals surface area (Å²) in [7, 11) is 0. The number of imide groups is 1. The number of benzene rings is 3. The van der Waals surface area contributed by atoms with Crippen molar-refractivity contribution in [1.82, 2.24) is 0 Å². The van der Waals surface area contributed by atoms with Gasteiger partial charge < -0.3 is 5.32 Å². The van der Waals surface area contributed by atoms with Gasteiger partial charge in [0, 0.05) is 17.5 Å². The molecule has 1 aliphatic heterocycles. The molecule has 0 unspecified atom stereocenters. The van der Waals surface area contributed by atoms with Gasteiger partial charge in [0.2, 0.25) is 5.91 Å². The maximum absolute atomic E-state index is 13.3. The highest BCUT2D eigenvalue weighted by Gasteiger charge is 2.40. The first kappa shape index (κ1) is 19.7. The Hall–Kier alpha value is -3.64. The van der Waals surface area contributed by atoms with E-state index >= 15 is 0 Å². The van der Waals surface area contributed by atoms with Gasteiger partial charge >= 0.3 is 0 Å². The normalized spacial score (nSPS) is 13.7. The van der Waals surface area contributed by atoms with Gasteiger partial charge in [-0.3, -0.25) is 14.4 Å². The van der Waals surface area contributed by atoms with Gasteiger partial charge in [0.05, 0.1) is 16.2 Å². The molecule has 5 nitrogen and oxygen atoms in total. The van der Waals surface area contributed by atoms with E-state index < -0.39 is 0 Å². The molecular formula is C24H18N2O3S. The highest BCUT2D eigenvalue weighted by atomic mass is 32.2. The second-order valence-electron chi connectivity index (χ2n) is 6.66. The molecule has 0 atom stereocenters. The lowest BCUT2D eigenvalue weighted by Crippen LogP contribution is -2.31. The number of thioether (sulfide) groups is 1. The van der Waals surface area contributed by atoms with Crippen molar-refractivity contribution >= 4 is 46.4 Å². The fraction of sp³-hybridized carbons (Fsp3) is 0.0417. The Morgan fingerprint density at radius 3 is 2.00 bits per heavy atom. The van der Waals surface area contributed by atoms with Crippen LogP contribution in [0.4, 0.5) is 11.4 Å². The largest absolute Gasteiger partial charge is 0.326 e. The third-order valence-corrected chi connectivity index (χ3v) is 5.60.